The summed E-state index contributed by atoms with van der Waals surface area (Å²) in [6.07, 6.45) is 4.12. The van der Waals surface area contributed by atoms with E-state index in [0.717, 1.165) is 25.2 Å². The molecule has 0 fully saturated rings. The SMILES string of the molecule is CCC(CC)N(CCN)c1ncccc1C. The lowest BCUT2D eigenvalue weighted by Crippen LogP contribution is -2.39. The van der Waals surface area contributed by atoms with Gasteiger partial charge in [0.2, 0.25) is 0 Å². The van der Waals surface area contributed by atoms with Gasteiger partial charge in [-0.05, 0) is 31.4 Å². The van der Waals surface area contributed by atoms with Gasteiger partial charge in [-0.25, -0.2) is 4.98 Å². The quantitative estimate of drug-likeness (QED) is 0.801. The average Bonchev–Trinajstić information content (AvgIpc) is 2.30. The summed E-state index contributed by atoms with van der Waals surface area (Å²) in [6, 6.07) is 4.62. The fourth-order valence-electron chi connectivity index (χ4n) is 2.11. The number of hydrogen-bond donors (Lipinski definition) is 1. The Morgan fingerprint density at radius 2 is 2.06 bits per heavy atom. The summed E-state index contributed by atoms with van der Waals surface area (Å²) < 4.78 is 0. The number of aryl methyl sites for hydroxylation is 1. The van der Waals surface area contributed by atoms with E-state index < -0.39 is 0 Å². The van der Waals surface area contributed by atoms with Gasteiger partial charge in [-0.2, -0.15) is 0 Å². The zero-order valence-corrected chi connectivity index (χ0v) is 10.6. The van der Waals surface area contributed by atoms with Crippen molar-refractivity contribution in [2.75, 3.05) is 18.0 Å². The molecule has 3 nitrogen and oxygen atoms in total. The Morgan fingerprint density at radius 3 is 2.56 bits per heavy atom. The number of nitrogens with zero attached hydrogens (tertiary/aromatic N) is 2. The molecule has 0 radical (unpaired) electrons. The minimum absolute atomic E-state index is 0.539. The van der Waals surface area contributed by atoms with Gasteiger partial charge in [-0.15, -0.1) is 0 Å². The van der Waals surface area contributed by atoms with Crippen LogP contribution in [0.3, 0.4) is 0 Å². The van der Waals surface area contributed by atoms with Crippen molar-refractivity contribution in [3.63, 3.8) is 0 Å². The highest BCUT2D eigenvalue weighted by Crippen LogP contribution is 2.21. The number of aromatic nitrogens is 1. The topological polar surface area (TPSA) is 42.1 Å². The first kappa shape index (κ1) is 13.0. The van der Waals surface area contributed by atoms with Crippen molar-refractivity contribution >= 4 is 5.82 Å². The van der Waals surface area contributed by atoms with Gasteiger partial charge in [0.15, 0.2) is 0 Å². The van der Waals surface area contributed by atoms with Crippen LogP contribution in [-0.4, -0.2) is 24.1 Å². The fourth-order valence-corrected chi connectivity index (χ4v) is 2.11. The highest BCUT2D eigenvalue weighted by Gasteiger charge is 2.17. The van der Waals surface area contributed by atoms with Crippen LogP contribution < -0.4 is 10.6 Å². The van der Waals surface area contributed by atoms with Gasteiger partial charge in [0.1, 0.15) is 5.82 Å². The number of rotatable bonds is 6. The van der Waals surface area contributed by atoms with E-state index in [4.69, 9.17) is 5.73 Å². The molecule has 16 heavy (non-hydrogen) atoms. The van der Waals surface area contributed by atoms with Crippen LogP contribution in [0.15, 0.2) is 18.3 Å². The van der Waals surface area contributed by atoms with E-state index in [1.54, 1.807) is 0 Å². The van der Waals surface area contributed by atoms with Gasteiger partial charge in [0.05, 0.1) is 0 Å². The first-order valence-corrected chi connectivity index (χ1v) is 6.12. The molecule has 0 saturated carbocycles. The van der Waals surface area contributed by atoms with Crippen molar-refractivity contribution in [1.29, 1.82) is 0 Å². The Balaban J connectivity index is 2.97. The standard InChI is InChI=1S/C13H23N3/c1-4-12(5-2)16(10-8-14)13-11(3)7-6-9-15-13/h6-7,9,12H,4-5,8,10,14H2,1-3H3. The van der Waals surface area contributed by atoms with Crippen molar-refractivity contribution in [2.45, 2.75) is 39.7 Å². The Morgan fingerprint density at radius 1 is 1.38 bits per heavy atom. The van der Waals surface area contributed by atoms with Crippen molar-refractivity contribution in [1.82, 2.24) is 4.98 Å². The van der Waals surface area contributed by atoms with E-state index >= 15 is 0 Å². The zero-order valence-electron chi connectivity index (χ0n) is 10.6. The lowest BCUT2D eigenvalue weighted by atomic mass is 10.1. The van der Waals surface area contributed by atoms with E-state index in [9.17, 15) is 0 Å². The summed E-state index contributed by atoms with van der Waals surface area (Å²) >= 11 is 0. The summed E-state index contributed by atoms with van der Waals surface area (Å²) in [5, 5.41) is 0. The summed E-state index contributed by atoms with van der Waals surface area (Å²) in [4.78, 5) is 6.83. The first-order valence-electron chi connectivity index (χ1n) is 6.12. The largest absolute Gasteiger partial charge is 0.352 e. The van der Waals surface area contributed by atoms with Crippen LogP contribution in [0.25, 0.3) is 0 Å². The van der Waals surface area contributed by atoms with Crippen LogP contribution in [0.2, 0.25) is 0 Å². The van der Waals surface area contributed by atoms with Crippen molar-refractivity contribution in [3.8, 4) is 0 Å². The Bertz CT molecular complexity index is 308. The van der Waals surface area contributed by atoms with Crippen LogP contribution in [-0.2, 0) is 0 Å². The minimum Gasteiger partial charge on any atom is -0.352 e. The number of pyridine rings is 1. The van der Waals surface area contributed by atoms with E-state index in [1.165, 1.54) is 5.56 Å². The number of hydrogen-bond acceptors (Lipinski definition) is 3. The van der Waals surface area contributed by atoms with Crippen molar-refractivity contribution < 1.29 is 0 Å². The number of anilines is 1. The predicted octanol–water partition coefficient (Wildman–Crippen LogP) is 2.34. The molecular formula is C13H23N3. The Labute approximate surface area is 98.7 Å². The highest BCUT2D eigenvalue weighted by molar-refractivity contribution is 5.46. The maximum Gasteiger partial charge on any atom is 0.131 e. The molecular weight excluding hydrogens is 198 g/mol. The monoisotopic (exact) mass is 221 g/mol. The van der Waals surface area contributed by atoms with Crippen LogP contribution in [0.5, 0.6) is 0 Å². The molecule has 0 atom stereocenters. The van der Waals surface area contributed by atoms with Crippen LogP contribution in [0, 0.1) is 6.92 Å². The molecule has 3 heteroatoms. The van der Waals surface area contributed by atoms with Gasteiger partial charge in [-0.3, -0.25) is 0 Å². The fraction of sp³-hybridized carbons (Fsp3) is 0.615. The molecule has 0 aliphatic heterocycles. The van der Waals surface area contributed by atoms with Gasteiger partial charge < -0.3 is 10.6 Å². The maximum absolute atomic E-state index is 5.69. The van der Waals surface area contributed by atoms with Crippen LogP contribution in [0.4, 0.5) is 5.82 Å². The Hall–Kier alpha value is -1.09. The average molecular weight is 221 g/mol. The molecule has 90 valence electrons. The summed E-state index contributed by atoms with van der Waals surface area (Å²) in [5.74, 6) is 1.08. The minimum atomic E-state index is 0.539. The Kier molecular flexibility index (Phi) is 5.26. The third kappa shape index (κ3) is 2.95. The predicted molar refractivity (Wildman–Crippen MR) is 69.7 cm³/mol. The molecule has 0 unspecified atom stereocenters. The summed E-state index contributed by atoms with van der Waals surface area (Å²) in [7, 11) is 0. The lowest BCUT2D eigenvalue weighted by Gasteiger charge is -2.32. The molecule has 0 saturated heterocycles. The molecule has 0 spiro atoms. The highest BCUT2D eigenvalue weighted by atomic mass is 15.2. The van der Waals surface area contributed by atoms with Gasteiger partial charge in [0.25, 0.3) is 0 Å². The third-order valence-corrected chi connectivity index (χ3v) is 3.01. The second-order valence-electron chi connectivity index (χ2n) is 4.10. The lowest BCUT2D eigenvalue weighted by molar-refractivity contribution is 0.553. The molecule has 1 aromatic heterocycles. The molecule has 1 rings (SSSR count). The second kappa shape index (κ2) is 6.48. The molecule has 1 aromatic rings. The molecule has 0 aliphatic carbocycles. The molecule has 2 N–H and O–H groups in total. The zero-order chi connectivity index (χ0) is 12.0. The molecule has 0 amide bonds. The van der Waals surface area contributed by atoms with Crippen LogP contribution >= 0.6 is 0 Å². The molecule has 0 aliphatic rings. The van der Waals surface area contributed by atoms with E-state index in [-0.39, 0.29) is 0 Å². The van der Waals surface area contributed by atoms with Gasteiger partial charge >= 0.3 is 0 Å². The second-order valence-corrected chi connectivity index (χ2v) is 4.10. The van der Waals surface area contributed by atoms with E-state index in [0.29, 0.717) is 12.6 Å². The van der Waals surface area contributed by atoms with E-state index in [1.807, 2.05) is 12.3 Å². The summed E-state index contributed by atoms with van der Waals surface area (Å²) in [5.41, 5.74) is 6.92. The first-order chi connectivity index (χ1) is 7.74. The normalized spacial score (nSPS) is 10.8. The van der Waals surface area contributed by atoms with Crippen molar-refractivity contribution in [2.24, 2.45) is 5.73 Å². The molecule has 0 aromatic carbocycles. The third-order valence-electron chi connectivity index (χ3n) is 3.01. The van der Waals surface area contributed by atoms with E-state index in [2.05, 4.69) is 36.7 Å². The van der Waals surface area contributed by atoms with Gasteiger partial charge in [0, 0.05) is 25.3 Å². The summed E-state index contributed by atoms with van der Waals surface area (Å²) in [6.45, 7) is 8.09. The molecule has 1 heterocycles. The molecule has 0 bridgehead atoms. The van der Waals surface area contributed by atoms with Gasteiger partial charge in [-0.1, -0.05) is 19.9 Å². The van der Waals surface area contributed by atoms with Crippen LogP contribution in [0.1, 0.15) is 32.3 Å². The van der Waals surface area contributed by atoms with Crippen molar-refractivity contribution in [3.05, 3.63) is 23.9 Å². The number of nitrogens with two attached hydrogens (primary N) is 1. The maximum atomic E-state index is 5.69. The smallest absolute Gasteiger partial charge is 0.131 e.